The summed E-state index contributed by atoms with van der Waals surface area (Å²) >= 11 is 0. The summed E-state index contributed by atoms with van der Waals surface area (Å²) < 4.78 is 0. The Kier molecular flexibility index (Phi) is 4.25. The second-order valence-electron chi connectivity index (χ2n) is 3.44. The van der Waals surface area contributed by atoms with Crippen LogP contribution < -0.4 is 11.1 Å². The lowest BCUT2D eigenvalue weighted by Gasteiger charge is -2.09. The topological polar surface area (TPSA) is 55.1 Å². The minimum Gasteiger partial charge on any atom is -0.330 e. The number of nitrogens with two attached hydrogens (primary N) is 1. The Morgan fingerprint density at radius 3 is 2.67 bits per heavy atom. The van der Waals surface area contributed by atoms with Gasteiger partial charge in [0.05, 0.1) is 6.54 Å². The fraction of sp³-hybridized carbons (Fsp3) is 0.889. The fourth-order valence-electron chi connectivity index (χ4n) is 1.64. The van der Waals surface area contributed by atoms with Gasteiger partial charge in [0.25, 0.3) is 0 Å². The van der Waals surface area contributed by atoms with Gasteiger partial charge in [0.1, 0.15) is 5.78 Å². The summed E-state index contributed by atoms with van der Waals surface area (Å²) in [6.07, 6.45) is 5.59. The summed E-state index contributed by atoms with van der Waals surface area (Å²) in [5, 5.41) is 3.26. The number of nitrogens with one attached hydrogen (secondary N) is 1. The molecule has 1 fully saturated rings. The van der Waals surface area contributed by atoms with Crippen LogP contribution >= 0.6 is 0 Å². The van der Waals surface area contributed by atoms with Crippen molar-refractivity contribution in [2.24, 2.45) is 5.73 Å². The maximum Gasteiger partial charge on any atom is 0.147 e. The molecule has 0 aromatic carbocycles. The van der Waals surface area contributed by atoms with E-state index in [9.17, 15) is 4.79 Å². The van der Waals surface area contributed by atoms with E-state index in [0.29, 0.717) is 25.6 Å². The van der Waals surface area contributed by atoms with Gasteiger partial charge in [-0.2, -0.15) is 0 Å². The van der Waals surface area contributed by atoms with E-state index in [0.717, 1.165) is 0 Å². The van der Waals surface area contributed by atoms with Gasteiger partial charge >= 0.3 is 0 Å². The fourth-order valence-corrected chi connectivity index (χ4v) is 1.64. The Labute approximate surface area is 73.7 Å². The first-order valence-corrected chi connectivity index (χ1v) is 4.78. The smallest absolute Gasteiger partial charge is 0.147 e. The molecule has 70 valence electrons. The molecule has 0 saturated heterocycles. The van der Waals surface area contributed by atoms with Gasteiger partial charge < -0.3 is 11.1 Å². The van der Waals surface area contributed by atoms with Crippen LogP contribution in [0.3, 0.4) is 0 Å². The van der Waals surface area contributed by atoms with Crippen molar-refractivity contribution in [1.82, 2.24) is 5.32 Å². The summed E-state index contributed by atoms with van der Waals surface area (Å²) in [4.78, 5) is 11.1. The molecule has 0 radical (unpaired) electrons. The first kappa shape index (κ1) is 9.68. The van der Waals surface area contributed by atoms with Crippen LogP contribution in [0.25, 0.3) is 0 Å². The van der Waals surface area contributed by atoms with Crippen LogP contribution in [0.2, 0.25) is 0 Å². The molecule has 0 heterocycles. The number of hydrogen-bond donors (Lipinski definition) is 2. The van der Waals surface area contributed by atoms with Crippen molar-refractivity contribution >= 4 is 5.78 Å². The summed E-state index contributed by atoms with van der Waals surface area (Å²) in [5.41, 5.74) is 5.26. The molecular formula is C9H18N2O. The highest BCUT2D eigenvalue weighted by atomic mass is 16.1. The van der Waals surface area contributed by atoms with E-state index >= 15 is 0 Å². The molecule has 0 bridgehead atoms. The second-order valence-corrected chi connectivity index (χ2v) is 3.44. The van der Waals surface area contributed by atoms with Crippen LogP contribution in [-0.4, -0.2) is 24.9 Å². The van der Waals surface area contributed by atoms with E-state index < -0.39 is 0 Å². The van der Waals surface area contributed by atoms with Crippen molar-refractivity contribution in [2.45, 2.75) is 38.1 Å². The van der Waals surface area contributed by atoms with E-state index in [-0.39, 0.29) is 5.78 Å². The van der Waals surface area contributed by atoms with Gasteiger partial charge in [0, 0.05) is 12.5 Å². The largest absolute Gasteiger partial charge is 0.330 e. The Hall–Kier alpha value is -0.410. The molecule has 0 atom stereocenters. The van der Waals surface area contributed by atoms with Crippen LogP contribution in [0.5, 0.6) is 0 Å². The highest BCUT2D eigenvalue weighted by Gasteiger charge is 2.14. The number of carbonyl (C=O) groups excluding carboxylic acids is 1. The summed E-state index contributed by atoms with van der Waals surface area (Å²) in [7, 11) is 0. The van der Waals surface area contributed by atoms with Crippen LogP contribution in [0, 0.1) is 0 Å². The molecule has 1 aliphatic carbocycles. The SMILES string of the molecule is NCCC(=O)CNC1CCCC1. The minimum atomic E-state index is 0.240. The summed E-state index contributed by atoms with van der Waals surface area (Å²) in [5.74, 6) is 0.240. The zero-order chi connectivity index (χ0) is 8.81. The maximum absolute atomic E-state index is 11.1. The lowest BCUT2D eigenvalue weighted by molar-refractivity contribution is -0.118. The van der Waals surface area contributed by atoms with Gasteiger partial charge in [0.2, 0.25) is 0 Å². The number of hydrogen-bond acceptors (Lipinski definition) is 3. The lowest BCUT2D eigenvalue weighted by atomic mass is 10.2. The predicted molar refractivity (Wildman–Crippen MR) is 48.9 cm³/mol. The maximum atomic E-state index is 11.1. The summed E-state index contributed by atoms with van der Waals surface area (Å²) in [6, 6.07) is 0.590. The van der Waals surface area contributed by atoms with Crippen molar-refractivity contribution in [3.05, 3.63) is 0 Å². The van der Waals surface area contributed by atoms with Crippen molar-refractivity contribution < 1.29 is 4.79 Å². The van der Waals surface area contributed by atoms with Crippen molar-refractivity contribution in [3.63, 3.8) is 0 Å². The average molecular weight is 170 g/mol. The average Bonchev–Trinajstić information content (AvgIpc) is 2.53. The molecular weight excluding hydrogens is 152 g/mol. The molecule has 0 unspecified atom stereocenters. The molecule has 3 nitrogen and oxygen atoms in total. The molecule has 12 heavy (non-hydrogen) atoms. The zero-order valence-corrected chi connectivity index (χ0v) is 7.51. The second kappa shape index (κ2) is 5.27. The van der Waals surface area contributed by atoms with E-state index in [2.05, 4.69) is 5.32 Å². The third kappa shape index (κ3) is 3.32. The van der Waals surface area contributed by atoms with E-state index in [1.54, 1.807) is 0 Å². The predicted octanol–water partition coefficient (Wildman–Crippen LogP) is 0.436. The summed E-state index contributed by atoms with van der Waals surface area (Å²) in [6.45, 7) is 0.993. The Morgan fingerprint density at radius 1 is 1.42 bits per heavy atom. The van der Waals surface area contributed by atoms with Crippen molar-refractivity contribution in [2.75, 3.05) is 13.1 Å². The number of Topliss-reactive ketones (excluding diaryl/α,β-unsaturated/α-hetero) is 1. The van der Waals surface area contributed by atoms with Gasteiger partial charge in [-0.05, 0) is 19.4 Å². The lowest BCUT2D eigenvalue weighted by Crippen LogP contribution is -2.32. The van der Waals surface area contributed by atoms with E-state index in [1.807, 2.05) is 0 Å². The molecule has 1 saturated carbocycles. The molecule has 0 aromatic heterocycles. The number of rotatable bonds is 5. The molecule has 3 heteroatoms. The molecule has 0 aliphatic heterocycles. The van der Waals surface area contributed by atoms with Gasteiger partial charge in [-0.25, -0.2) is 0 Å². The van der Waals surface area contributed by atoms with Gasteiger partial charge in [-0.1, -0.05) is 12.8 Å². The Balaban J connectivity index is 2.03. The molecule has 1 aliphatic rings. The Bertz CT molecular complexity index is 141. The van der Waals surface area contributed by atoms with Crippen molar-refractivity contribution in [1.29, 1.82) is 0 Å². The molecule has 0 amide bonds. The monoisotopic (exact) mass is 170 g/mol. The Morgan fingerprint density at radius 2 is 2.08 bits per heavy atom. The minimum absolute atomic E-state index is 0.240. The van der Waals surface area contributed by atoms with Crippen molar-refractivity contribution in [3.8, 4) is 0 Å². The van der Waals surface area contributed by atoms with Gasteiger partial charge in [-0.3, -0.25) is 4.79 Å². The highest BCUT2D eigenvalue weighted by Crippen LogP contribution is 2.17. The van der Waals surface area contributed by atoms with Crippen LogP contribution in [0.15, 0.2) is 0 Å². The third-order valence-electron chi connectivity index (χ3n) is 2.37. The molecule has 1 rings (SSSR count). The molecule has 3 N–H and O–H groups in total. The molecule has 0 aromatic rings. The normalized spacial score (nSPS) is 18.4. The van der Waals surface area contributed by atoms with E-state index in [1.165, 1.54) is 25.7 Å². The van der Waals surface area contributed by atoms with E-state index in [4.69, 9.17) is 5.73 Å². The first-order valence-electron chi connectivity index (χ1n) is 4.78. The molecule has 0 spiro atoms. The quantitative estimate of drug-likeness (QED) is 0.629. The number of ketones is 1. The first-order chi connectivity index (χ1) is 5.83. The van der Waals surface area contributed by atoms with Gasteiger partial charge in [-0.15, -0.1) is 0 Å². The zero-order valence-electron chi connectivity index (χ0n) is 7.51. The van der Waals surface area contributed by atoms with Crippen LogP contribution in [0.1, 0.15) is 32.1 Å². The van der Waals surface area contributed by atoms with Gasteiger partial charge in [0.15, 0.2) is 0 Å². The third-order valence-corrected chi connectivity index (χ3v) is 2.37. The van der Waals surface area contributed by atoms with Crippen LogP contribution in [-0.2, 0) is 4.79 Å². The highest BCUT2D eigenvalue weighted by molar-refractivity contribution is 5.80. The standard InChI is InChI=1S/C9H18N2O/c10-6-5-9(12)7-11-8-3-1-2-4-8/h8,11H,1-7,10H2. The van der Waals surface area contributed by atoms with Crippen LogP contribution in [0.4, 0.5) is 0 Å². The number of carbonyl (C=O) groups is 1.